The third kappa shape index (κ3) is 3.49. The van der Waals surface area contributed by atoms with Crippen LogP contribution in [0.5, 0.6) is 0 Å². The lowest BCUT2D eigenvalue weighted by Gasteiger charge is -2.21. The summed E-state index contributed by atoms with van der Waals surface area (Å²) in [5.41, 5.74) is 0.386. The van der Waals surface area contributed by atoms with E-state index in [-0.39, 0.29) is 20.6 Å². The molecule has 0 bridgehead atoms. The second-order valence-electron chi connectivity index (χ2n) is 4.81. The molecule has 1 unspecified atom stereocenters. The Labute approximate surface area is 127 Å². The normalized spacial score (nSPS) is 17.8. The number of aromatic nitrogens is 1. The predicted octanol–water partition coefficient (Wildman–Crippen LogP) is 1.39. The monoisotopic (exact) mass is 337 g/mol. The zero-order valence-corrected chi connectivity index (χ0v) is 13.6. The molecule has 2 heterocycles. The molecule has 6 nitrogen and oxygen atoms in total. The van der Waals surface area contributed by atoms with Gasteiger partial charge in [-0.05, 0) is 20.3 Å². The molecule has 1 aromatic heterocycles. The van der Waals surface area contributed by atoms with Gasteiger partial charge in [0.15, 0.2) is 8.68 Å². The molecular weight excluding hydrogens is 322 g/mol. The Bertz CT molecular complexity index is 614. The summed E-state index contributed by atoms with van der Waals surface area (Å²) in [5.74, 6) is 0.0769. The second-order valence-corrected chi connectivity index (χ2v) is 8.30. The van der Waals surface area contributed by atoms with E-state index in [1.54, 1.807) is 18.7 Å². The first-order valence-electron chi connectivity index (χ1n) is 6.22. The lowest BCUT2D eigenvalue weighted by atomic mass is 10.3. The fourth-order valence-corrected chi connectivity index (χ4v) is 5.17. The lowest BCUT2D eigenvalue weighted by Crippen LogP contribution is -2.42. The number of thiazole rings is 1. The quantitative estimate of drug-likeness (QED) is 0.880. The Morgan fingerprint density at radius 2 is 2.25 bits per heavy atom. The number of rotatable bonds is 5. The molecule has 1 N–H and O–H groups in total. The molecule has 112 valence electrons. The van der Waals surface area contributed by atoms with Gasteiger partial charge in [-0.1, -0.05) is 22.9 Å². The molecule has 1 atom stereocenters. The summed E-state index contributed by atoms with van der Waals surface area (Å²) >= 11 is 6.66. The highest BCUT2D eigenvalue weighted by Crippen LogP contribution is 2.26. The van der Waals surface area contributed by atoms with E-state index in [0.717, 1.165) is 17.8 Å². The van der Waals surface area contributed by atoms with Crippen molar-refractivity contribution >= 4 is 38.9 Å². The van der Waals surface area contributed by atoms with Crippen molar-refractivity contribution in [2.24, 2.45) is 0 Å². The van der Waals surface area contributed by atoms with Crippen molar-refractivity contribution < 1.29 is 13.2 Å². The van der Waals surface area contributed by atoms with Crippen LogP contribution in [0.1, 0.15) is 25.5 Å². The minimum Gasteiger partial charge on any atom is -0.341 e. The van der Waals surface area contributed by atoms with Gasteiger partial charge >= 0.3 is 0 Å². The minimum absolute atomic E-state index is 0.0769. The SMILES string of the molecule is Cc1nc(Cl)sc1S(=O)(=O)NC(C)CN1CCCC1=O. The summed E-state index contributed by atoms with van der Waals surface area (Å²) in [6.07, 6.45) is 1.38. The number of halogens is 1. The molecule has 0 aliphatic carbocycles. The molecule has 2 rings (SSSR count). The number of hydrogen-bond donors (Lipinski definition) is 1. The largest absolute Gasteiger partial charge is 0.341 e. The molecule has 0 spiro atoms. The molecule has 1 aromatic rings. The molecule has 0 saturated carbocycles. The van der Waals surface area contributed by atoms with Crippen molar-refractivity contribution in [2.75, 3.05) is 13.1 Å². The Morgan fingerprint density at radius 3 is 2.75 bits per heavy atom. The van der Waals surface area contributed by atoms with Gasteiger partial charge in [0, 0.05) is 25.6 Å². The summed E-state index contributed by atoms with van der Waals surface area (Å²) in [6, 6.07) is -0.359. The molecule has 0 radical (unpaired) electrons. The van der Waals surface area contributed by atoms with E-state index < -0.39 is 10.0 Å². The maximum atomic E-state index is 12.2. The molecule has 1 aliphatic rings. The summed E-state index contributed by atoms with van der Waals surface area (Å²) in [7, 11) is -3.64. The molecule has 20 heavy (non-hydrogen) atoms. The van der Waals surface area contributed by atoms with Crippen LogP contribution in [-0.2, 0) is 14.8 Å². The van der Waals surface area contributed by atoms with Crippen molar-refractivity contribution in [1.82, 2.24) is 14.6 Å². The zero-order chi connectivity index (χ0) is 14.9. The van der Waals surface area contributed by atoms with E-state index in [1.165, 1.54) is 0 Å². The van der Waals surface area contributed by atoms with Gasteiger partial charge in [-0.2, -0.15) is 0 Å². The third-order valence-electron chi connectivity index (χ3n) is 2.99. The topological polar surface area (TPSA) is 79.4 Å². The number of sulfonamides is 1. The van der Waals surface area contributed by atoms with Crippen molar-refractivity contribution in [2.45, 2.75) is 36.9 Å². The lowest BCUT2D eigenvalue weighted by molar-refractivity contribution is -0.127. The Hall–Kier alpha value is -0.700. The summed E-state index contributed by atoms with van der Waals surface area (Å²) in [5, 5.41) is 0. The van der Waals surface area contributed by atoms with Crippen molar-refractivity contribution in [1.29, 1.82) is 0 Å². The molecule has 1 aliphatic heterocycles. The highest BCUT2D eigenvalue weighted by molar-refractivity contribution is 7.91. The van der Waals surface area contributed by atoms with Crippen LogP contribution in [0.4, 0.5) is 0 Å². The maximum absolute atomic E-state index is 12.2. The second kappa shape index (κ2) is 5.97. The van der Waals surface area contributed by atoms with Crippen LogP contribution in [0.25, 0.3) is 0 Å². The highest BCUT2D eigenvalue weighted by atomic mass is 35.5. The molecule has 9 heteroatoms. The van der Waals surface area contributed by atoms with E-state index in [4.69, 9.17) is 11.6 Å². The zero-order valence-electron chi connectivity index (χ0n) is 11.2. The van der Waals surface area contributed by atoms with Crippen LogP contribution in [-0.4, -0.2) is 43.3 Å². The number of aryl methyl sites for hydroxylation is 1. The van der Waals surface area contributed by atoms with Gasteiger partial charge in [0.05, 0.1) is 5.69 Å². The minimum atomic E-state index is -3.64. The van der Waals surface area contributed by atoms with Gasteiger partial charge in [-0.3, -0.25) is 4.79 Å². The van der Waals surface area contributed by atoms with E-state index in [1.807, 2.05) is 0 Å². The number of carbonyl (C=O) groups is 1. The van der Waals surface area contributed by atoms with Crippen molar-refractivity contribution in [3.05, 3.63) is 10.2 Å². The van der Waals surface area contributed by atoms with Gasteiger partial charge in [0.1, 0.15) is 0 Å². The Balaban J connectivity index is 2.04. The Morgan fingerprint density at radius 1 is 1.55 bits per heavy atom. The van der Waals surface area contributed by atoms with Crippen molar-refractivity contribution in [3.8, 4) is 0 Å². The molecule has 1 amide bonds. The van der Waals surface area contributed by atoms with Crippen LogP contribution in [0.15, 0.2) is 4.21 Å². The average Bonchev–Trinajstić information content (AvgIpc) is 2.85. The predicted molar refractivity (Wildman–Crippen MR) is 77.5 cm³/mol. The number of carbonyl (C=O) groups excluding carboxylic acids is 1. The van der Waals surface area contributed by atoms with Crippen molar-refractivity contribution in [3.63, 3.8) is 0 Å². The third-order valence-corrected chi connectivity index (χ3v) is 6.45. The van der Waals surface area contributed by atoms with E-state index >= 15 is 0 Å². The van der Waals surface area contributed by atoms with Crippen LogP contribution < -0.4 is 4.72 Å². The summed E-state index contributed by atoms with van der Waals surface area (Å²) in [4.78, 5) is 17.1. The van der Waals surface area contributed by atoms with E-state index in [2.05, 4.69) is 9.71 Å². The maximum Gasteiger partial charge on any atom is 0.252 e. The molecule has 1 saturated heterocycles. The van der Waals surface area contributed by atoms with E-state index in [0.29, 0.717) is 25.2 Å². The van der Waals surface area contributed by atoms with Gasteiger partial charge in [0.25, 0.3) is 10.0 Å². The van der Waals surface area contributed by atoms with Crippen LogP contribution in [0.2, 0.25) is 4.47 Å². The Kier molecular flexibility index (Phi) is 4.68. The van der Waals surface area contributed by atoms with Gasteiger partial charge < -0.3 is 4.90 Å². The van der Waals surface area contributed by atoms with Crippen LogP contribution >= 0.6 is 22.9 Å². The fourth-order valence-electron chi connectivity index (χ4n) is 2.18. The molecular formula is C11H16ClN3O3S2. The number of likely N-dealkylation sites (tertiary alicyclic amines) is 1. The highest BCUT2D eigenvalue weighted by Gasteiger charge is 2.26. The first-order valence-corrected chi connectivity index (χ1v) is 8.90. The van der Waals surface area contributed by atoms with E-state index in [9.17, 15) is 13.2 Å². The number of nitrogens with zero attached hydrogens (tertiary/aromatic N) is 2. The standard InChI is InChI=1S/C11H16ClN3O3S2/c1-7(6-15-5-3-4-9(15)16)14-20(17,18)10-8(2)13-11(12)19-10/h7,14H,3-6H2,1-2H3. The molecule has 1 fully saturated rings. The molecule has 0 aromatic carbocycles. The number of nitrogens with one attached hydrogen (secondary N) is 1. The number of amides is 1. The van der Waals surface area contributed by atoms with Crippen LogP contribution in [0.3, 0.4) is 0 Å². The summed E-state index contributed by atoms with van der Waals surface area (Å²) < 4.78 is 27.3. The van der Waals surface area contributed by atoms with Gasteiger partial charge in [-0.25, -0.2) is 18.1 Å². The summed E-state index contributed by atoms with van der Waals surface area (Å²) in [6.45, 7) is 4.41. The van der Waals surface area contributed by atoms with Gasteiger partial charge in [0.2, 0.25) is 5.91 Å². The number of hydrogen-bond acceptors (Lipinski definition) is 5. The first-order chi connectivity index (χ1) is 9.29. The van der Waals surface area contributed by atoms with Gasteiger partial charge in [-0.15, -0.1) is 0 Å². The smallest absolute Gasteiger partial charge is 0.252 e. The average molecular weight is 338 g/mol. The fraction of sp³-hybridized carbons (Fsp3) is 0.636. The van der Waals surface area contributed by atoms with Crippen LogP contribution in [0, 0.1) is 6.92 Å². The first kappa shape index (κ1) is 15.7.